The minimum absolute atomic E-state index is 0.0917. The largest absolute Gasteiger partial charge is 0.294 e. The summed E-state index contributed by atoms with van der Waals surface area (Å²) < 4.78 is 41.8. The van der Waals surface area contributed by atoms with Crippen LogP contribution in [-0.2, 0) is 4.79 Å². The topological polar surface area (TPSA) is 17.1 Å². The van der Waals surface area contributed by atoms with E-state index in [1.54, 1.807) is 30.3 Å². The highest BCUT2D eigenvalue weighted by molar-refractivity contribution is 6.32. The second kappa shape index (κ2) is 9.82. The Kier molecular flexibility index (Phi) is 6.43. The van der Waals surface area contributed by atoms with Gasteiger partial charge < -0.3 is 0 Å². The molecule has 0 aliphatic heterocycles. The minimum atomic E-state index is -0.378. The molecular weight excluding hydrogens is 457 g/mol. The maximum Gasteiger partial charge on any atom is 0.168 e. The van der Waals surface area contributed by atoms with Gasteiger partial charge in [-0.1, -0.05) is 66.2 Å². The lowest BCUT2D eigenvalue weighted by Gasteiger charge is -2.28. The Morgan fingerprint density at radius 3 is 1.81 bits per heavy atom. The zero-order chi connectivity index (χ0) is 25.2. The summed E-state index contributed by atoms with van der Waals surface area (Å²) >= 11 is 0. The Labute approximate surface area is 208 Å². The van der Waals surface area contributed by atoms with E-state index in [2.05, 4.69) is 0 Å². The molecule has 0 aromatic heterocycles. The summed E-state index contributed by atoms with van der Waals surface area (Å²) in [5.41, 5.74) is 6.57. The van der Waals surface area contributed by atoms with Gasteiger partial charge in [-0.25, -0.2) is 13.2 Å². The van der Waals surface area contributed by atoms with Crippen LogP contribution in [0.3, 0.4) is 0 Å². The molecule has 2 aliphatic rings. The van der Waals surface area contributed by atoms with Crippen molar-refractivity contribution in [1.29, 1.82) is 0 Å². The van der Waals surface area contributed by atoms with Gasteiger partial charge in [-0.2, -0.15) is 0 Å². The zero-order valence-corrected chi connectivity index (χ0v) is 19.7. The van der Waals surface area contributed by atoms with Gasteiger partial charge in [0.2, 0.25) is 0 Å². The van der Waals surface area contributed by atoms with Crippen molar-refractivity contribution in [2.45, 2.75) is 19.8 Å². The molecule has 0 bridgehead atoms. The summed E-state index contributed by atoms with van der Waals surface area (Å²) in [6.45, 7) is 1.98. The molecule has 0 saturated heterocycles. The van der Waals surface area contributed by atoms with Crippen molar-refractivity contribution in [3.05, 3.63) is 148 Å². The molecule has 3 aromatic carbocycles. The van der Waals surface area contributed by atoms with Gasteiger partial charge in [-0.15, -0.1) is 0 Å². The number of benzene rings is 3. The molecule has 178 valence electrons. The number of ketones is 1. The van der Waals surface area contributed by atoms with Crippen molar-refractivity contribution in [3.8, 4) is 0 Å². The molecule has 0 amide bonds. The van der Waals surface area contributed by atoms with Crippen LogP contribution in [0.25, 0.3) is 16.7 Å². The molecular formula is C32H23F3O. The van der Waals surface area contributed by atoms with E-state index in [0.29, 0.717) is 34.3 Å². The van der Waals surface area contributed by atoms with Gasteiger partial charge in [0.15, 0.2) is 5.78 Å². The summed E-state index contributed by atoms with van der Waals surface area (Å²) in [4.78, 5) is 13.8. The van der Waals surface area contributed by atoms with Crippen molar-refractivity contribution < 1.29 is 18.0 Å². The lowest BCUT2D eigenvalue weighted by molar-refractivity contribution is -0.112. The molecule has 0 N–H and O–H groups in total. The van der Waals surface area contributed by atoms with Gasteiger partial charge in [-0.05, 0) is 83.2 Å². The van der Waals surface area contributed by atoms with Crippen LogP contribution >= 0.6 is 0 Å². The van der Waals surface area contributed by atoms with E-state index >= 15 is 0 Å². The molecule has 3 aromatic rings. The highest BCUT2D eigenvalue weighted by atomic mass is 19.1. The molecule has 0 radical (unpaired) electrons. The fourth-order valence-electron chi connectivity index (χ4n) is 4.69. The van der Waals surface area contributed by atoms with Crippen molar-refractivity contribution in [3.63, 3.8) is 0 Å². The monoisotopic (exact) mass is 480 g/mol. The first-order chi connectivity index (χ1) is 17.4. The van der Waals surface area contributed by atoms with Gasteiger partial charge >= 0.3 is 0 Å². The number of carbonyl (C=O) groups excluding carboxylic acids is 1. The summed E-state index contributed by atoms with van der Waals surface area (Å²) in [5, 5.41) is 0. The third-order valence-corrected chi connectivity index (χ3v) is 6.45. The molecule has 0 saturated carbocycles. The van der Waals surface area contributed by atoms with E-state index in [9.17, 15) is 18.0 Å². The Bertz CT molecular complexity index is 1480. The van der Waals surface area contributed by atoms with Gasteiger partial charge in [-0.3, -0.25) is 4.79 Å². The van der Waals surface area contributed by atoms with E-state index in [0.717, 1.165) is 22.3 Å². The maximum atomic E-state index is 14.1. The first-order valence-corrected chi connectivity index (χ1v) is 11.7. The summed E-state index contributed by atoms with van der Waals surface area (Å²) in [6, 6.07) is 19.8. The number of carbonyl (C=O) groups is 1. The Morgan fingerprint density at radius 1 is 0.611 bits per heavy atom. The van der Waals surface area contributed by atoms with Crippen LogP contribution < -0.4 is 0 Å². The number of hydrogen-bond donors (Lipinski definition) is 0. The summed E-state index contributed by atoms with van der Waals surface area (Å²) in [5.74, 6) is -1.20. The van der Waals surface area contributed by atoms with Gasteiger partial charge in [0.05, 0.1) is 0 Å². The first kappa shape index (κ1) is 23.6. The molecule has 0 unspecified atom stereocenters. The predicted octanol–water partition coefficient (Wildman–Crippen LogP) is 8.35. The fraction of sp³-hybridized carbons (Fsp3) is 0.0938. The normalized spacial score (nSPS) is 16.2. The lowest BCUT2D eigenvalue weighted by Crippen LogP contribution is -2.15. The molecule has 5 rings (SSSR count). The molecule has 0 heterocycles. The van der Waals surface area contributed by atoms with Crippen molar-refractivity contribution in [2.24, 2.45) is 0 Å². The molecule has 36 heavy (non-hydrogen) atoms. The highest BCUT2D eigenvalue weighted by Gasteiger charge is 2.31. The average molecular weight is 481 g/mol. The van der Waals surface area contributed by atoms with Gasteiger partial charge in [0.1, 0.15) is 17.5 Å². The summed E-state index contributed by atoms with van der Waals surface area (Å²) in [6.07, 6.45) is 6.87. The van der Waals surface area contributed by atoms with Crippen LogP contribution in [0.4, 0.5) is 13.2 Å². The average Bonchev–Trinajstić information content (AvgIpc) is 3.09. The van der Waals surface area contributed by atoms with E-state index in [1.807, 2.05) is 37.3 Å². The van der Waals surface area contributed by atoms with Crippen LogP contribution in [0, 0.1) is 18.6 Å². The highest BCUT2D eigenvalue weighted by Crippen LogP contribution is 2.46. The smallest absolute Gasteiger partial charge is 0.168 e. The van der Waals surface area contributed by atoms with Crippen LogP contribution in [0.2, 0.25) is 0 Å². The Hall–Kier alpha value is -4.18. The Balaban J connectivity index is 1.87. The number of halogens is 3. The third-order valence-electron chi connectivity index (χ3n) is 6.45. The zero-order valence-electron chi connectivity index (χ0n) is 19.7. The second-order valence-corrected chi connectivity index (χ2v) is 8.90. The molecule has 0 spiro atoms. The van der Waals surface area contributed by atoms with Gasteiger partial charge in [0.25, 0.3) is 0 Å². The number of hydrogen-bond acceptors (Lipinski definition) is 1. The van der Waals surface area contributed by atoms with E-state index in [-0.39, 0.29) is 29.7 Å². The number of Topliss-reactive ketones (excluding diaryl/α,β-unsaturated/α-hetero) is 1. The van der Waals surface area contributed by atoms with Crippen LogP contribution in [0.5, 0.6) is 0 Å². The summed E-state index contributed by atoms with van der Waals surface area (Å²) in [7, 11) is 0. The molecule has 0 atom stereocenters. The Morgan fingerprint density at radius 2 is 1.17 bits per heavy atom. The van der Waals surface area contributed by atoms with Crippen molar-refractivity contribution in [2.75, 3.05) is 0 Å². The molecule has 2 aliphatic carbocycles. The minimum Gasteiger partial charge on any atom is -0.294 e. The maximum absolute atomic E-state index is 14.1. The van der Waals surface area contributed by atoms with E-state index in [1.165, 1.54) is 36.4 Å². The van der Waals surface area contributed by atoms with E-state index in [4.69, 9.17) is 0 Å². The van der Waals surface area contributed by atoms with Crippen LogP contribution in [0.15, 0.2) is 114 Å². The second-order valence-electron chi connectivity index (χ2n) is 8.90. The standard InChI is InChI=1S/C32H23F3O/c1-20-5-7-24(8-6-20)31-29(36)19-28(21-9-14-26(34)15-10-21)30(23-12-17-27(35)18-13-23)32(31)22-3-2-4-25(33)16-11-22/h3-18H,2,19H2,1H3. The SMILES string of the molecule is Cc1ccc(C2=C(C3=CCC=C(F)C=C3)C(c3ccc(F)cc3)=C(c3ccc(F)cc3)CC2=O)cc1. The molecule has 0 fully saturated rings. The van der Waals surface area contributed by atoms with Crippen molar-refractivity contribution >= 4 is 22.5 Å². The molecule has 1 nitrogen and oxygen atoms in total. The number of allylic oxidation sites excluding steroid dienone is 10. The lowest BCUT2D eigenvalue weighted by atomic mass is 9.74. The molecule has 4 heteroatoms. The van der Waals surface area contributed by atoms with Crippen LogP contribution in [0.1, 0.15) is 35.1 Å². The predicted molar refractivity (Wildman–Crippen MR) is 138 cm³/mol. The number of rotatable bonds is 4. The fourth-order valence-corrected chi connectivity index (χ4v) is 4.69. The van der Waals surface area contributed by atoms with E-state index < -0.39 is 0 Å². The van der Waals surface area contributed by atoms with Crippen molar-refractivity contribution in [1.82, 2.24) is 0 Å². The number of aryl methyl sites for hydroxylation is 1. The van der Waals surface area contributed by atoms with Crippen LogP contribution in [-0.4, -0.2) is 5.78 Å². The first-order valence-electron chi connectivity index (χ1n) is 11.7. The van der Waals surface area contributed by atoms with Gasteiger partial charge in [0, 0.05) is 17.6 Å². The third kappa shape index (κ3) is 4.67. The quantitative estimate of drug-likeness (QED) is 0.367.